The molecule has 3 N–H and O–H groups in total. The third-order valence-electron chi connectivity index (χ3n) is 4.78. The molecule has 1 aromatic rings. The van der Waals surface area contributed by atoms with Crippen molar-refractivity contribution in [1.82, 2.24) is 10.6 Å². The van der Waals surface area contributed by atoms with Gasteiger partial charge >= 0.3 is 6.18 Å². The fourth-order valence-electron chi connectivity index (χ4n) is 3.21. The molecule has 2 rings (SSSR count). The molecular weight excluding hydrogens is 359 g/mol. The third kappa shape index (κ3) is 6.61. The summed E-state index contributed by atoms with van der Waals surface area (Å²) in [7, 11) is 1.56. The monoisotopic (exact) mass is 387 g/mol. The van der Waals surface area contributed by atoms with E-state index in [0.717, 1.165) is 0 Å². The molecule has 1 fully saturated rings. The highest BCUT2D eigenvalue weighted by Gasteiger charge is 2.41. The van der Waals surface area contributed by atoms with Crippen molar-refractivity contribution in [3.63, 3.8) is 0 Å². The smallest absolute Gasteiger partial charge is 0.391 e. The molecule has 8 heteroatoms. The van der Waals surface area contributed by atoms with Gasteiger partial charge in [0.1, 0.15) is 5.75 Å². The minimum absolute atomic E-state index is 0.0460. The van der Waals surface area contributed by atoms with Crippen LogP contribution in [0, 0.1) is 5.92 Å². The molecule has 0 amide bonds. The SMILES string of the molecule is CCNC(=NCC(O)c1cccc(OC)c1)NC1CCC(C(F)(F)F)CC1. The van der Waals surface area contributed by atoms with Gasteiger partial charge < -0.3 is 20.5 Å². The highest BCUT2D eigenvalue weighted by molar-refractivity contribution is 5.80. The lowest BCUT2D eigenvalue weighted by atomic mass is 9.85. The number of guanidine groups is 1. The summed E-state index contributed by atoms with van der Waals surface area (Å²) in [6.45, 7) is 2.68. The van der Waals surface area contributed by atoms with Crippen molar-refractivity contribution in [2.24, 2.45) is 10.9 Å². The van der Waals surface area contributed by atoms with E-state index < -0.39 is 18.2 Å². The second-order valence-electron chi connectivity index (χ2n) is 6.75. The highest BCUT2D eigenvalue weighted by Crippen LogP contribution is 2.37. The summed E-state index contributed by atoms with van der Waals surface area (Å²) in [5, 5.41) is 16.6. The number of hydrogen-bond acceptors (Lipinski definition) is 3. The first-order valence-corrected chi connectivity index (χ1v) is 9.27. The minimum atomic E-state index is -4.11. The molecule has 1 aliphatic carbocycles. The van der Waals surface area contributed by atoms with Crippen LogP contribution in [0.4, 0.5) is 13.2 Å². The Morgan fingerprint density at radius 3 is 2.59 bits per heavy atom. The maximum absolute atomic E-state index is 12.8. The number of nitrogens with one attached hydrogen (secondary N) is 2. The van der Waals surface area contributed by atoms with Crippen LogP contribution in [0.3, 0.4) is 0 Å². The highest BCUT2D eigenvalue weighted by atomic mass is 19.4. The second kappa shape index (κ2) is 9.82. The Morgan fingerprint density at radius 1 is 1.30 bits per heavy atom. The lowest BCUT2D eigenvalue weighted by Crippen LogP contribution is -2.46. The number of methoxy groups -OCH3 is 1. The molecule has 0 saturated heterocycles. The average molecular weight is 387 g/mol. The number of aliphatic hydroxyl groups is 1. The Morgan fingerprint density at radius 2 is 2.00 bits per heavy atom. The standard InChI is InChI=1S/C19H28F3N3O2/c1-3-23-18(25-15-9-7-14(8-10-15)19(20,21)22)24-12-17(26)13-5-4-6-16(11-13)27-2/h4-6,11,14-15,17,26H,3,7-10,12H2,1-2H3,(H2,23,24,25). The maximum atomic E-state index is 12.8. The quantitative estimate of drug-likeness (QED) is 0.517. The lowest BCUT2D eigenvalue weighted by molar-refractivity contribution is -0.182. The van der Waals surface area contributed by atoms with E-state index in [4.69, 9.17) is 4.74 Å². The van der Waals surface area contributed by atoms with Crippen molar-refractivity contribution >= 4 is 5.96 Å². The zero-order valence-corrected chi connectivity index (χ0v) is 15.7. The van der Waals surface area contributed by atoms with E-state index in [1.807, 2.05) is 6.92 Å². The van der Waals surface area contributed by atoms with Crippen molar-refractivity contribution in [2.75, 3.05) is 20.2 Å². The summed E-state index contributed by atoms with van der Waals surface area (Å²) in [4.78, 5) is 4.39. The Hall–Kier alpha value is -1.96. The number of ether oxygens (including phenoxy) is 1. The minimum Gasteiger partial charge on any atom is -0.497 e. The largest absolute Gasteiger partial charge is 0.497 e. The number of nitrogens with zero attached hydrogens (tertiary/aromatic N) is 1. The molecule has 0 heterocycles. The molecule has 0 radical (unpaired) electrons. The van der Waals surface area contributed by atoms with Gasteiger partial charge in [0.2, 0.25) is 0 Å². The van der Waals surface area contributed by atoms with Crippen LogP contribution in [-0.4, -0.2) is 43.5 Å². The molecular formula is C19H28F3N3O2. The summed E-state index contributed by atoms with van der Waals surface area (Å²) in [5.41, 5.74) is 0.694. The lowest BCUT2D eigenvalue weighted by Gasteiger charge is -2.31. The van der Waals surface area contributed by atoms with Gasteiger partial charge in [0.05, 0.1) is 25.7 Å². The van der Waals surface area contributed by atoms with Gasteiger partial charge in [-0.2, -0.15) is 13.2 Å². The number of benzene rings is 1. The van der Waals surface area contributed by atoms with Crippen molar-refractivity contribution in [3.8, 4) is 5.75 Å². The summed E-state index contributed by atoms with van der Waals surface area (Å²) < 4.78 is 43.5. The van der Waals surface area contributed by atoms with Crippen LogP contribution in [0.5, 0.6) is 5.75 Å². The van der Waals surface area contributed by atoms with Gasteiger partial charge in [0.15, 0.2) is 5.96 Å². The van der Waals surface area contributed by atoms with Gasteiger partial charge in [-0.1, -0.05) is 12.1 Å². The fourth-order valence-corrected chi connectivity index (χ4v) is 3.21. The van der Waals surface area contributed by atoms with E-state index in [1.165, 1.54) is 0 Å². The van der Waals surface area contributed by atoms with Crippen LogP contribution in [0.1, 0.15) is 44.3 Å². The molecule has 0 aliphatic heterocycles. The number of hydrogen-bond donors (Lipinski definition) is 3. The number of halogens is 3. The zero-order chi connectivity index (χ0) is 19.9. The van der Waals surface area contributed by atoms with Gasteiger partial charge in [0.25, 0.3) is 0 Å². The Labute approximate surface area is 158 Å². The van der Waals surface area contributed by atoms with Gasteiger partial charge in [-0.15, -0.1) is 0 Å². The van der Waals surface area contributed by atoms with E-state index in [2.05, 4.69) is 15.6 Å². The average Bonchev–Trinajstić information content (AvgIpc) is 2.65. The molecule has 1 unspecified atom stereocenters. The first kappa shape index (κ1) is 21.3. The van der Waals surface area contributed by atoms with Crippen LogP contribution in [0.15, 0.2) is 29.3 Å². The van der Waals surface area contributed by atoms with Crippen molar-refractivity contribution in [2.45, 2.75) is 50.9 Å². The van der Waals surface area contributed by atoms with Crippen LogP contribution in [0.25, 0.3) is 0 Å². The molecule has 5 nitrogen and oxygen atoms in total. The van der Waals surface area contributed by atoms with Gasteiger partial charge in [-0.3, -0.25) is 4.99 Å². The van der Waals surface area contributed by atoms with Crippen molar-refractivity contribution in [3.05, 3.63) is 29.8 Å². The number of rotatable bonds is 6. The number of alkyl halides is 3. The summed E-state index contributed by atoms with van der Waals surface area (Å²) >= 11 is 0. The Kier molecular flexibility index (Phi) is 7.77. The molecule has 0 aromatic heterocycles. The van der Waals surface area contributed by atoms with Crippen LogP contribution in [0.2, 0.25) is 0 Å². The van der Waals surface area contributed by atoms with Gasteiger partial charge in [-0.05, 0) is 50.3 Å². The van der Waals surface area contributed by atoms with Crippen molar-refractivity contribution < 1.29 is 23.0 Å². The van der Waals surface area contributed by atoms with Crippen LogP contribution in [-0.2, 0) is 0 Å². The molecule has 1 aliphatic rings. The number of aliphatic imine (C=N–C) groups is 1. The topological polar surface area (TPSA) is 65.9 Å². The maximum Gasteiger partial charge on any atom is 0.391 e. The Balaban J connectivity index is 1.92. The van der Waals surface area contributed by atoms with E-state index >= 15 is 0 Å². The molecule has 27 heavy (non-hydrogen) atoms. The third-order valence-corrected chi connectivity index (χ3v) is 4.78. The Bertz CT molecular complexity index is 614. The van der Waals surface area contributed by atoms with E-state index in [0.29, 0.717) is 36.7 Å². The number of aliphatic hydroxyl groups excluding tert-OH is 1. The fraction of sp³-hybridized carbons (Fsp3) is 0.632. The van der Waals surface area contributed by atoms with Gasteiger partial charge in [0, 0.05) is 12.6 Å². The van der Waals surface area contributed by atoms with Crippen LogP contribution < -0.4 is 15.4 Å². The molecule has 0 spiro atoms. The summed E-state index contributed by atoms with van der Waals surface area (Å²) in [6.07, 6.45) is -3.73. The molecule has 1 saturated carbocycles. The normalized spacial score (nSPS) is 22.2. The molecule has 0 bridgehead atoms. The predicted octanol–water partition coefficient (Wildman–Crippen LogP) is 3.40. The van der Waals surface area contributed by atoms with E-state index in [9.17, 15) is 18.3 Å². The molecule has 1 aromatic carbocycles. The second-order valence-corrected chi connectivity index (χ2v) is 6.75. The van der Waals surface area contributed by atoms with E-state index in [1.54, 1.807) is 31.4 Å². The molecule has 152 valence electrons. The van der Waals surface area contributed by atoms with E-state index in [-0.39, 0.29) is 25.4 Å². The van der Waals surface area contributed by atoms with Crippen molar-refractivity contribution in [1.29, 1.82) is 0 Å². The summed E-state index contributed by atoms with van der Waals surface area (Å²) in [5.74, 6) is -0.0400. The van der Waals surface area contributed by atoms with Gasteiger partial charge in [-0.25, -0.2) is 0 Å². The zero-order valence-electron chi connectivity index (χ0n) is 15.7. The van der Waals surface area contributed by atoms with Crippen LogP contribution >= 0.6 is 0 Å². The summed E-state index contributed by atoms with van der Waals surface area (Å²) in [6, 6.07) is 7.09. The first-order valence-electron chi connectivity index (χ1n) is 9.27. The first-order chi connectivity index (χ1) is 12.8. The predicted molar refractivity (Wildman–Crippen MR) is 98.9 cm³/mol. The molecule has 1 atom stereocenters.